The Hall–Kier alpha value is -1.48. The van der Waals surface area contributed by atoms with E-state index in [1.807, 2.05) is 0 Å². The van der Waals surface area contributed by atoms with Crippen molar-refractivity contribution in [3.05, 3.63) is 29.7 Å². The zero-order valence-electron chi connectivity index (χ0n) is 10.3. The van der Waals surface area contributed by atoms with Gasteiger partial charge in [0.25, 0.3) is 0 Å². The third-order valence-electron chi connectivity index (χ3n) is 3.37. The number of hydrogen-bond donors (Lipinski definition) is 3. The molecule has 1 aliphatic heterocycles. The SMILES string of the molecule is C=C[C@H]1O[C@@H](n2cc(Br)c3c(N)ncnc32)[C@H](O)[C@@H]1O. The summed E-state index contributed by atoms with van der Waals surface area (Å²) in [5, 5.41) is 20.6. The Balaban J connectivity index is 2.12. The molecule has 3 heterocycles. The highest BCUT2D eigenvalue weighted by Crippen LogP contribution is 2.36. The number of rotatable bonds is 2. The van der Waals surface area contributed by atoms with Crippen molar-refractivity contribution < 1.29 is 14.9 Å². The van der Waals surface area contributed by atoms with Crippen LogP contribution in [0, 0.1) is 0 Å². The molecule has 0 unspecified atom stereocenters. The molecule has 1 aliphatic rings. The molecule has 2 aromatic heterocycles. The first-order valence-corrected chi connectivity index (χ1v) is 6.74. The zero-order chi connectivity index (χ0) is 14.4. The van der Waals surface area contributed by atoms with E-state index in [0.29, 0.717) is 21.3 Å². The number of hydrogen-bond acceptors (Lipinski definition) is 6. The van der Waals surface area contributed by atoms with Gasteiger partial charge in [-0.2, -0.15) is 0 Å². The van der Waals surface area contributed by atoms with Crippen LogP contribution in [0.1, 0.15) is 6.23 Å². The first-order chi connectivity index (χ1) is 9.54. The van der Waals surface area contributed by atoms with Crippen LogP contribution in [0.3, 0.4) is 0 Å². The van der Waals surface area contributed by atoms with E-state index in [1.54, 1.807) is 10.8 Å². The molecule has 0 aromatic carbocycles. The van der Waals surface area contributed by atoms with Gasteiger partial charge in [-0.15, -0.1) is 6.58 Å². The molecule has 0 bridgehead atoms. The van der Waals surface area contributed by atoms with Crippen molar-refractivity contribution in [2.45, 2.75) is 24.5 Å². The summed E-state index contributed by atoms with van der Waals surface area (Å²) in [6.45, 7) is 3.58. The summed E-state index contributed by atoms with van der Waals surface area (Å²) < 4.78 is 7.92. The number of halogens is 1. The van der Waals surface area contributed by atoms with E-state index in [2.05, 4.69) is 32.5 Å². The normalized spacial score (nSPS) is 29.9. The molecule has 0 aliphatic carbocycles. The van der Waals surface area contributed by atoms with Gasteiger partial charge in [0.15, 0.2) is 6.23 Å². The lowest BCUT2D eigenvalue weighted by Gasteiger charge is -2.17. The summed E-state index contributed by atoms with van der Waals surface area (Å²) in [7, 11) is 0. The zero-order valence-corrected chi connectivity index (χ0v) is 11.9. The molecule has 0 radical (unpaired) electrons. The van der Waals surface area contributed by atoms with Crippen LogP contribution in [0.5, 0.6) is 0 Å². The molecular weight excluding hydrogens is 328 g/mol. The van der Waals surface area contributed by atoms with E-state index in [9.17, 15) is 10.2 Å². The number of aliphatic hydroxyl groups excluding tert-OH is 2. The molecule has 3 rings (SSSR count). The van der Waals surface area contributed by atoms with Crippen LogP contribution in [0.2, 0.25) is 0 Å². The smallest absolute Gasteiger partial charge is 0.164 e. The lowest BCUT2D eigenvalue weighted by molar-refractivity contribution is -0.0241. The van der Waals surface area contributed by atoms with Gasteiger partial charge < -0.3 is 25.3 Å². The maximum Gasteiger partial charge on any atom is 0.164 e. The number of aliphatic hydroxyl groups is 2. The number of nitrogen functional groups attached to an aromatic ring is 1. The summed E-state index contributed by atoms with van der Waals surface area (Å²) in [6.07, 6.45) is 0.967. The van der Waals surface area contributed by atoms with Gasteiger partial charge in [-0.1, -0.05) is 6.08 Å². The van der Waals surface area contributed by atoms with Crippen molar-refractivity contribution in [3.8, 4) is 0 Å². The highest BCUT2D eigenvalue weighted by molar-refractivity contribution is 9.10. The summed E-state index contributed by atoms with van der Waals surface area (Å²) in [4.78, 5) is 8.09. The number of nitrogens with zero attached hydrogens (tertiary/aromatic N) is 3. The minimum absolute atomic E-state index is 0.328. The Morgan fingerprint density at radius 3 is 2.80 bits per heavy atom. The lowest BCUT2D eigenvalue weighted by Crippen LogP contribution is -2.30. The highest BCUT2D eigenvalue weighted by Gasteiger charge is 2.42. The third kappa shape index (κ3) is 1.84. The van der Waals surface area contributed by atoms with Crippen LogP contribution in [-0.4, -0.2) is 43.1 Å². The molecule has 20 heavy (non-hydrogen) atoms. The van der Waals surface area contributed by atoms with Gasteiger partial charge in [-0.25, -0.2) is 9.97 Å². The second-order valence-corrected chi connectivity index (χ2v) is 5.40. The fourth-order valence-electron chi connectivity index (χ4n) is 2.37. The predicted octanol–water partition coefficient (Wildman–Crippen LogP) is 0.581. The van der Waals surface area contributed by atoms with Crippen LogP contribution in [0.4, 0.5) is 5.82 Å². The van der Waals surface area contributed by atoms with Crippen molar-refractivity contribution in [2.75, 3.05) is 5.73 Å². The van der Waals surface area contributed by atoms with E-state index in [1.165, 1.54) is 12.4 Å². The first-order valence-electron chi connectivity index (χ1n) is 5.95. The molecule has 4 atom stereocenters. The van der Waals surface area contributed by atoms with Crippen LogP contribution >= 0.6 is 15.9 Å². The molecule has 0 spiro atoms. The van der Waals surface area contributed by atoms with Crippen LogP contribution in [0.15, 0.2) is 29.7 Å². The van der Waals surface area contributed by atoms with Crippen LogP contribution < -0.4 is 5.73 Å². The summed E-state index contributed by atoms with van der Waals surface area (Å²) in [6, 6.07) is 0. The lowest BCUT2D eigenvalue weighted by atomic mass is 10.1. The Bertz CT molecular complexity index is 674. The topological polar surface area (TPSA) is 106 Å². The standard InChI is InChI=1S/C12H13BrN4O3/c1-2-6-8(18)9(19)12(20-6)17-3-5(13)7-10(14)15-4-16-11(7)17/h2-4,6,8-9,12,18-19H,1H2,(H2,14,15,16)/t6-,8-,9-,12-/m1/s1. The molecule has 8 heteroatoms. The molecule has 106 valence electrons. The Morgan fingerprint density at radius 1 is 1.40 bits per heavy atom. The number of anilines is 1. The minimum atomic E-state index is -1.09. The monoisotopic (exact) mass is 340 g/mol. The molecule has 1 saturated heterocycles. The fraction of sp³-hybridized carbons (Fsp3) is 0.333. The molecule has 7 nitrogen and oxygen atoms in total. The number of fused-ring (bicyclic) bond motifs is 1. The molecule has 1 fully saturated rings. The van der Waals surface area contributed by atoms with Gasteiger partial charge in [0.2, 0.25) is 0 Å². The van der Waals surface area contributed by atoms with Crippen LogP contribution in [0.25, 0.3) is 11.0 Å². The molecule has 0 saturated carbocycles. The summed E-state index contributed by atoms with van der Waals surface area (Å²) >= 11 is 3.38. The predicted molar refractivity (Wildman–Crippen MR) is 75.8 cm³/mol. The average Bonchev–Trinajstić information content (AvgIpc) is 2.90. The first kappa shape index (κ1) is 13.5. The van der Waals surface area contributed by atoms with E-state index >= 15 is 0 Å². The van der Waals surface area contributed by atoms with Gasteiger partial charge in [-0.05, 0) is 15.9 Å². The second kappa shape index (κ2) is 4.81. The van der Waals surface area contributed by atoms with Crippen molar-refractivity contribution in [2.24, 2.45) is 0 Å². The van der Waals surface area contributed by atoms with Crippen molar-refractivity contribution >= 4 is 32.8 Å². The third-order valence-corrected chi connectivity index (χ3v) is 3.98. The number of nitrogens with two attached hydrogens (primary N) is 1. The molecule has 0 amide bonds. The second-order valence-electron chi connectivity index (χ2n) is 4.55. The van der Waals surface area contributed by atoms with Crippen molar-refractivity contribution in [3.63, 3.8) is 0 Å². The average molecular weight is 341 g/mol. The largest absolute Gasteiger partial charge is 0.387 e. The Labute approximate surface area is 122 Å². The summed E-state index contributed by atoms with van der Waals surface area (Å²) in [5.41, 5.74) is 6.34. The van der Waals surface area contributed by atoms with E-state index in [0.717, 1.165) is 0 Å². The Morgan fingerprint density at radius 2 is 2.15 bits per heavy atom. The van der Waals surface area contributed by atoms with Gasteiger partial charge in [0, 0.05) is 10.7 Å². The van der Waals surface area contributed by atoms with Gasteiger partial charge in [0.05, 0.1) is 5.39 Å². The summed E-state index contributed by atoms with van der Waals surface area (Å²) in [5.74, 6) is 0.328. The van der Waals surface area contributed by atoms with Crippen molar-refractivity contribution in [1.29, 1.82) is 0 Å². The fourth-order valence-corrected chi connectivity index (χ4v) is 2.97. The number of aromatic nitrogens is 3. The Kier molecular flexibility index (Phi) is 3.25. The maximum atomic E-state index is 10.1. The van der Waals surface area contributed by atoms with E-state index in [4.69, 9.17) is 10.5 Å². The molecule has 2 aromatic rings. The molecule has 4 N–H and O–H groups in total. The van der Waals surface area contributed by atoms with Gasteiger partial charge in [-0.3, -0.25) is 0 Å². The highest BCUT2D eigenvalue weighted by atomic mass is 79.9. The van der Waals surface area contributed by atoms with E-state index < -0.39 is 24.5 Å². The number of ether oxygens (including phenoxy) is 1. The van der Waals surface area contributed by atoms with Gasteiger partial charge in [0.1, 0.15) is 36.1 Å². The van der Waals surface area contributed by atoms with Crippen LogP contribution in [-0.2, 0) is 4.74 Å². The van der Waals surface area contributed by atoms with Crippen molar-refractivity contribution in [1.82, 2.24) is 14.5 Å². The minimum Gasteiger partial charge on any atom is -0.387 e. The van der Waals surface area contributed by atoms with E-state index in [-0.39, 0.29) is 0 Å². The quantitative estimate of drug-likeness (QED) is 0.690. The molecular formula is C12H13BrN4O3. The van der Waals surface area contributed by atoms with Gasteiger partial charge >= 0.3 is 0 Å². The maximum absolute atomic E-state index is 10.1.